The predicted octanol–water partition coefficient (Wildman–Crippen LogP) is 3.13. The van der Waals surface area contributed by atoms with E-state index < -0.39 is 0 Å². The van der Waals surface area contributed by atoms with Crippen molar-refractivity contribution in [1.82, 2.24) is 14.0 Å². The van der Waals surface area contributed by atoms with Crippen LogP contribution in [0.3, 0.4) is 0 Å². The fraction of sp³-hybridized carbons (Fsp3) is 0.360. The smallest absolute Gasteiger partial charge is 0.354 e. The van der Waals surface area contributed by atoms with Crippen molar-refractivity contribution < 1.29 is 19.1 Å². The van der Waals surface area contributed by atoms with E-state index in [-0.39, 0.29) is 23.8 Å². The molecule has 1 saturated heterocycles. The summed E-state index contributed by atoms with van der Waals surface area (Å²) in [5.41, 5.74) is 2.28. The lowest BCUT2D eigenvalue weighted by molar-refractivity contribution is 0.0280. The Bertz CT molecular complexity index is 992. The number of carbonyl (C=O) groups excluding carboxylic acids is 2. The summed E-state index contributed by atoms with van der Waals surface area (Å²) in [6, 6.07) is 17.4. The summed E-state index contributed by atoms with van der Waals surface area (Å²) in [6.45, 7) is 2.96. The molecule has 3 aromatic rings. The molecule has 1 fully saturated rings. The predicted molar refractivity (Wildman–Crippen MR) is 120 cm³/mol. The molecule has 1 aliphatic rings. The van der Waals surface area contributed by atoms with Crippen LogP contribution in [0.15, 0.2) is 67.0 Å². The van der Waals surface area contributed by atoms with E-state index in [0.29, 0.717) is 24.6 Å². The first kappa shape index (κ1) is 21.9. The maximum Gasteiger partial charge on any atom is 0.354 e. The van der Waals surface area contributed by atoms with Gasteiger partial charge in [0, 0.05) is 58.0 Å². The Labute approximate surface area is 188 Å². The first-order valence-corrected chi connectivity index (χ1v) is 10.8. The monoisotopic (exact) mass is 435 g/mol. The van der Waals surface area contributed by atoms with Crippen LogP contribution in [0.4, 0.5) is 0 Å². The van der Waals surface area contributed by atoms with Gasteiger partial charge in [0.05, 0.1) is 13.2 Å². The van der Waals surface area contributed by atoms with Gasteiger partial charge in [-0.3, -0.25) is 4.90 Å². The summed E-state index contributed by atoms with van der Waals surface area (Å²) in [5, 5.41) is 0. The summed E-state index contributed by atoms with van der Waals surface area (Å²) in [5.74, 6) is -0.495. The lowest BCUT2D eigenvalue weighted by atomic mass is 9.98. The van der Waals surface area contributed by atoms with Gasteiger partial charge in [0.25, 0.3) is 0 Å². The molecule has 32 heavy (non-hydrogen) atoms. The maximum atomic E-state index is 12.5. The highest BCUT2D eigenvalue weighted by molar-refractivity contribution is 5.88. The number of ether oxygens (including phenoxy) is 2. The molecule has 7 nitrogen and oxygen atoms in total. The topological polar surface area (TPSA) is 65.7 Å². The third-order valence-electron chi connectivity index (χ3n) is 6.06. The van der Waals surface area contributed by atoms with Crippen molar-refractivity contribution in [3.05, 3.63) is 83.9 Å². The number of hydrogen-bond acceptors (Lipinski definition) is 5. The summed E-state index contributed by atoms with van der Waals surface area (Å²) in [4.78, 5) is 27.3. The number of carbonyl (C=O) groups is 2. The first-order chi connectivity index (χ1) is 15.5. The zero-order valence-corrected chi connectivity index (χ0v) is 18.5. The van der Waals surface area contributed by atoms with E-state index in [1.165, 1.54) is 5.56 Å². The lowest BCUT2D eigenvalue weighted by Gasteiger charge is -2.18. The number of rotatable bonds is 8. The lowest BCUT2D eigenvalue weighted by Crippen LogP contribution is -2.26. The van der Waals surface area contributed by atoms with Crippen molar-refractivity contribution in [2.45, 2.75) is 6.54 Å². The Morgan fingerprint density at radius 1 is 0.781 bits per heavy atom. The normalized spacial score (nSPS) is 18.6. The Morgan fingerprint density at radius 3 is 1.72 bits per heavy atom. The van der Waals surface area contributed by atoms with Crippen molar-refractivity contribution in [3.8, 4) is 0 Å². The van der Waals surface area contributed by atoms with Crippen molar-refractivity contribution >= 4 is 11.9 Å². The largest absolute Gasteiger partial charge is 0.461 e. The number of esters is 2. The van der Waals surface area contributed by atoms with Crippen LogP contribution in [0, 0.1) is 11.8 Å². The number of likely N-dealkylation sites (tertiary alicyclic amines) is 1. The van der Waals surface area contributed by atoms with Gasteiger partial charge < -0.3 is 18.6 Å². The summed E-state index contributed by atoms with van der Waals surface area (Å²) in [7, 11) is 3.64. The molecular formula is C25H29N3O4. The van der Waals surface area contributed by atoms with Gasteiger partial charge in [0.15, 0.2) is 0 Å². The standard InChI is InChI=1S/C25H29N3O4/c1-26-12-6-10-22(26)24(29)31-17-20-15-28(14-19-8-4-3-5-9-19)16-21(20)18-32-25(30)23-11-7-13-27(23)2/h3-13,20-21H,14-18H2,1-2H3/t20-,21+. The zero-order chi connectivity index (χ0) is 22.5. The molecule has 4 rings (SSSR count). The third kappa shape index (κ3) is 5.11. The molecule has 0 saturated carbocycles. The Morgan fingerprint density at radius 2 is 1.28 bits per heavy atom. The van der Waals surface area contributed by atoms with Gasteiger partial charge in [-0.05, 0) is 29.8 Å². The van der Waals surface area contributed by atoms with Crippen LogP contribution in [-0.2, 0) is 30.1 Å². The van der Waals surface area contributed by atoms with Crippen molar-refractivity contribution in [1.29, 1.82) is 0 Å². The summed E-state index contributed by atoms with van der Waals surface area (Å²) >= 11 is 0. The second-order valence-corrected chi connectivity index (χ2v) is 8.41. The quantitative estimate of drug-likeness (QED) is 0.509. The number of benzene rings is 1. The van der Waals surface area contributed by atoms with Gasteiger partial charge in [-0.15, -0.1) is 0 Å². The molecule has 168 valence electrons. The molecule has 1 aromatic carbocycles. The van der Waals surface area contributed by atoms with Crippen molar-refractivity contribution in [3.63, 3.8) is 0 Å². The first-order valence-electron chi connectivity index (χ1n) is 10.8. The van der Waals surface area contributed by atoms with Crippen LogP contribution in [0.1, 0.15) is 26.5 Å². The van der Waals surface area contributed by atoms with Gasteiger partial charge in [0.1, 0.15) is 11.4 Å². The van der Waals surface area contributed by atoms with Crippen LogP contribution in [0.25, 0.3) is 0 Å². The van der Waals surface area contributed by atoms with Gasteiger partial charge in [-0.1, -0.05) is 30.3 Å². The van der Waals surface area contributed by atoms with E-state index in [1.807, 2.05) is 56.8 Å². The van der Waals surface area contributed by atoms with Crippen LogP contribution in [0.2, 0.25) is 0 Å². The van der Waals surface area contributed by atoms with E-state index in [1.54, 1.807) is 21.3 Å². The minimum Gasteiger partial charge on any atom is -0.461 e. The molecule has 0 spiro atoms. The molecule has 3 heterocycles. The zero-order valence-electron chi connectivity index (χ0n) is 18.5. The van der Waals surface area contributed by atoms with Gasteiger partial charge in [-0.25, -0.2) is 9.59 Å². The summed E-state index contributed by atoms with van der Waals surface area (Å²) < 4.78 is 14.8. The fourth-order valence-corrected chi connectivity index (χ4v) is 4.24. The molecule has 0 unspecified atom stereocenters. The van der Waals surface area contributed by atoms with Crippen LogP contribution in [0.5, 0.6) is 0 Å². The molecule has 2 aromatic heterocycles. The fourth-order valence-electron chi connectivity index (χ4n) is 4.24. The molecule has 1 aliphatic heterocycles. The highest BCUT2D eigenvalue weighted by Crippen LogP contribution is 2.26. The molecule has 0 N–H and O–H groups in total. The highest BCUT2D eigenvalue weighted by atomic mass is 16.5. The number of nitrogens with zero attached hydrogens (tertiary/aromatic N) is 3. The maximum absolute atomic E-state index is 12.5. The van der Waals surface area contributed by atoms with E-state index in [4.69, 9.17) is 9.47 Å². The molecular weight excluding hydrogens is 406 g/mol. The number of hydrogen-bond donors (Lipinski definition) is 0. The van der Waals surface area contributed by atoms with E-state index >= 15 is 0 Å². The van der Waals surface area contributed by atoms with Crippen molar-refractivity contribution in [2.24, 2.45) is 25.9 Å². The van der Waals surface area contributed by atoms with Gasteiger partial charge >= 0.3 is 11.9 Å². The molecule has 0 bridgehead atoms. The Hall–Kier alpha value is -3.32. The van der Waals surface area contributed by atoms with E-state index in [2.05, 4.69) is 17.0 Å². The highest BCUT2D eigenvalue weighted by Gasteiger charge is 2.35. The van der Waals surface area contributed by atoms with Gasteiger partial charge in [0.2, 0.25) is 0 Å². The van der Waals surface area contributed by atoms with Crippen LogP contribution >= 0.6 is 0 Å². The Balaban J connectivity index is 1.39. The average molecular weight is 436 g/mol. The molecule has 0 amide bonds. The average Bonchev–Trinajstić information content (AvgIpc) is 3.51. The third-order valence-corrected chi connectivity index (χ3v) is 6.06. The second-order valence-electron chi connectivity index (χ2n) is 8.41. The second kappa shape index (κ2) is 9.87. The van der Waals surface area contributed by atoms with Gasteiger partial charge in [-0.2, -0.15) is 0 Å². The number of aryl methyl sites for hydroxylation is 2. The minimum atomic E-state index is -0.335. The van der Waals surface area contributed by atoms with Crippen LogP contribution < -0.4 is 0 Å². The molecule has 0 radical (unpaired) electrons. The van der Waals surface area contributed by atoms with Crippen molar-refractivity contribution in [2.75, 3.05) is 26.3 Å². The molecule has 0 aliphatic carbocycles. The van der Waals surface area contributed by atoms with E-state index in [0.717, 1.165) is 19.6 Å². The molecule has 7 heteroatoms. The SMILES string of the molecule is Cn1cccc1C(=O)OC[C@@H]1CN(Cc2ccccc2)C[C@@H]1COC(=O)c1cccn1C. The van der Waals surface area contributed by atoms with E-state index in [9.17, 15) is 9.59 Å². The Kier molecular flexibility index (Phi) is 6.75. The minimum absolute atomic E-state index is 0.0872. The summed E-state index contributed by atoms with van der Waals surface area (Å²) in [6.07, 6.45) is 3.64. The molecule has 2 atom stereocenters. The number of aromatic nitrogens is 2. The van der Waals surface area contributed by atoms with Crippen LogP contribution in [-0.4, -0.2) is 52.3 Å².